The minimum Gasteiger partial charge on any atom is -0.465 e. The topological polar surface area (TPSA) is 119 Å². The Morgan fingerprint density at radius 2 is 2.06 bits per heavy atom. The number of nitrogens with zero attached hydrogens (tertiary/aromatic N) is 3. The van der Waals surface area contributed by atoms with Crippen molar-refractivity contribution in [1.29, 1.82) is 0 Å². The summed E-state index contributed by atoms with van der Waals surface area (Å²) in [5, 5.41) is 10.8. The summed E-state index contributed by atoms with van der Waals surface area (Å²) in [6.45, 7) is 2.33. The molecule has 2 heterocycles. The third kappa shape index (κ3) is 6.21. The predicted octanol–water partition coefficient (Wildman–Crippen LogP) is 2.37. The van der Waals surface area contributed by atoms with E-state index >= 15 is 0 Å². The second-order valence-corrected chi connectivity index (χ2v) is 10.8. The standard InChI is InChI=1S/C18H21FN4O5S3/c1-2-28-15(24)11-29-18-22-21-17(30-18)20-16(25)12-4-3-9-23(10-12)31(26,27)14-7-5-13(19)6-8-14/h5-8,12H,2-4,9-11H2,1H3,(H,20,21,25). The van der Waals surface area contributed by atoms with Crippen LogP contribution in [0.5, 0.6) is 0 Å². The summed E-state index contributed by atoms with van der Waals surface area (Å²) in [6.07, 6.45) is 1.06. The van der Waals surface area contributed by atoms with Crippen LogP contribution in [0.2, 0.25) is 0 Å². The van der Waals surface area contributed by atoms with Gasteiger partial charge in [0.1, 0.15) is 5.82 Å². The van der Waals surface area contributed by atoms with Gasteiger partial charge in [0.05, 0.1) is 23.2 Å². The van der Waals surface area contributed by atoms with Crippen molar-refractivity contribution in [2.24, 2.45) is 5.92 Å². The number of hydrogen-bond donors (Lipinski definition) is 1. The molecule has 0 spiro atoms. The van der Waals surface area contributed by atoms with E-state index in [2.05, 4.69) is 15.5 Å². The third-order valence-electron chi connectivity index (χ3n) is 4.46. The number of carbonyl (C=O) groups excluding carboxylic acids is 2. The van der Waals surface area contributed by atoms with E-state index in [1.807, 2.05) is 0 Å². The molecule has 1 aliphatic rings. The Morgan fingerprint density at radius 1 is 1.32 bits per heavy atom. The van der Waals surface area contributed by atoms with Crippen molar-refractivity contribution in [3.05, 3.63) is 30.1 Å². The first-order chi connectivity index (χ1) is 14.8. The minimum atomic E-state index is -3.82. The summed E-state index contributed by atoms with van der Waals surface area (Å²) < 4.78 is 45.3. The van der Waals surface area contributed by atoms with Crippen LogP contribution in [-0.4, -0.2) is 60.2 Å². The van der Waals surface area contributed by atoms with Crippen molar-refractivity contribution in [2.45, 2.75) is 29.0 Å². The fourth-order valence-corrected chi connectivity index (χ4v) is 6.06. The van der Waals surface area contributed by atoms with Crippen molar-refractivity contribution in [2.75, 3.05) is 30.8 Å². The molecule has 1 N–H and O–H groups in total. The van der Waals surface area contributed by atoms with Crippen molar-refractivity contribution in [1.82, 2.24) is 14.5 Å². The highest BCUT2D eigenvalue weighted by Crippen LogP contribution is 2.28. The van der Waals surface area contributed by atoms with Gasteiger partial charge in [0, 0.05) is 13.1 Å². The van der Waals surface area contributed by atoms with E-state index in [0.29, 0.717) is 23.8 Å². The molecule has 1 amide bonds. The SMILES string of the molecule is CCOC(=O)CSc1nnc(NC(=O)C2CCCN(S(=O)(=O)c3ccc(F)cc3)C2)s1. The second kappa shape index (κ2) is 10.5. The van der Waals surface area contributed by atoms with Gasteiger partial charge in [0.2, 0.25) is 21.1 Å². The molecule has 1 saturated heterocycles. The molecule has 3 rings (SSSR count). The van der Waals surface area contributed by atoms with Gasteiger partial charge in [-0.2, -0.15) is 4.31 Å². The summed E-state index contributed by atoms with van der Waals surface area (Å²) in [5.74, 6) is -1.69. The van der Waals surface area contributed by atoms with Crippen molar-refractivity contribution < 1.29 is 27.1 Å². The molecule has 1 fully saturated rings. The lowest BCUT2D eigenvalue weighted by Gasteiger charge is -2.31. The molecule has 1 aromatic heterocycles. The monoisotopic (exact) mass is 488 g/mol. The van der Waals surface area contributed by atoms with Gasteiger partial charge < -0.3 is 10.1 Å². The quantitative estimate of drug-likeness (QED) is 0.342. The Kier molecular flexibility index (Phi) is 7.97. The molecule has 1 aromatic carbocycles. The van der Waals surface area contributed by atoms with Gasteiger partial charge in [-0.3, -0.25) is 9.59 Å². The number of nitrogens with one attached hydrogen (secondary N) is 1. The molecule has 9 nitrogen and oxygen atoms in total. The Balaban J connectivity index is 1.59. The number of hydrogen-bond acceptors (Lipinski definition) is 9. The van der Waals surface area contributed by atoms with Crippen molar-refractivity contribution >= 4 is 50.1 Å². The summed E-state index contributed by atoms with van der Waals surface area (Å²) >= 11 is 2.28. The van der Waals surface area contributed by atoms with Gasteiger partial charge >= 0.3 is 5.97 Å². The number of benzene rings is 1. The lowest BCUT2D eigenvalue weighted by molar-refractivity contribution is -0.139. The summed E-state index contributed by atoms with van der Waals surface area (Å²) in [6, 6.07) is 4.61. The smallest absolute Gasteiger partial charge is 0.316 e. The molecule has 168 valence electrons. The van der Waals surface area contributed by atoms with Crippen LogP contribution in [0.25, 0.3) is 0 Å². The number of rotatable bonds is 8. The number of anilines is 1. The first kappa shape index (κ1) is 23.6. The molecule has 0 aliphatic carbocycles. The summed E-state index contributed by atoms with van der Waals surface area (Å²) in [5.41, 5.74) is 0. The molecule has 1 aliphatic heterocycles. The number of esters is 1. The number of ether oxygens (including phenoxy) is 1. The van der Waals surface area contributed by atoms with Gasteiger partial charge in [0.25, 0.3) is 0 Å². The molecule has 0 saturated carbocycles. The highest BCUT2D eigenvalue weighted by Gasteiger charge is 2.33. The fraction of sp³-hybridized carbons (Fsp3) is 0.444. The van der Waals surface area contributed by atoms with Crippen LogP contribution in [0, 0.1) is 11.7 Å². The Bertz CT molecular complexity index is 1030. The molecule has 31 heavy (non-hydrogen) atoms. The predicted molar refractivity (Wildman–Crippen MR) is 114 cm³/mol. The van der Waals surface area contributed by atoms with Gasteiger partial charge in [-0.15, -0.1) is 10.2 Å². The number of amides is 1. The molecule has 0 bridgehead atoms. The number of piperidine rings is 1. The highest BCUT2D eigenvalue weighted by atomic mass is 32.2. The average molecular weight is 489 g/mol. The molecule has 1 atom stereocenters. The number of thioether (sulfide) groups is 1. The number of aromatic nitrogens is 2. The van der Waals surface area contributed by atoms with Gasteiger partial charge in [0.15, 0.2) is 4.34 Å². The first-order valence-corrected chi connectivity index (χ1v) is 12.7. The van der Waals surface area contributed by atoms with E-state index < -0.39 is 21.8 Å². The van der Waals surface area contributed by atoms with E-state index in [-0.39, 0.29) is 40.7 Å². The van der Waals surface area contributed by atoms with Crippen molar-refractivity contribution in [3.8, 4) is 0 Å². The van der Waals surface area contributed by atoms with E-state index in [1.54, 1.807) is 6.92 Å². The molecule has 0 radical (unpaired) electrons. The number of sulfonamides is 1. The lowest BCUT2D eigenvalue weighted by Crippen LogP contribution is -2.43. The maximum Gasteiger partial charge on any atom is 0.316 e. The van der Waals surface area contributed by atoms with Crippen LogP contribution in [0.1, 0.15) is 19.8 Å². The van der Waals surface area contributed by atoms with Crippen LogP contribution < -0.4 is 5.32 Å². The molecular weight excluding hydrogens is 467 g/mol. The van der Waals surface area contributed by atoms with Crippen LogP contribution in [-0.2, 0) is 24.3 Å². The Morgan fingerprint density at radius 3 is 2.77 bits per heavy atom. The average Bonchev–Trinajstić information content (AvgIpc) is 3.20. The van der Waals surface area contributed by atoms with Gasteiger partial charge in [-0.25, -0.2) is 12.8 Å². The van der Waals surface area contributed by atoms with E-state index in [9.17, 15) is 22.4 Å². The maximum absolute atomic E-state index is 13.1. The fourth-order valence-electron chi connectivity index (χ4n) is 2.98. The van der Waals surface area contributed by atoms with Crippen LogP contribution in [0.15, 0.2) is 33.5 Å². The van der Waals surface area contributed by atoms with Crippen LogP contribution in [0.4, 0.5) is 9.52 Å². The maximum atomic E-state index is 13.1. The van der Waals surface area contributed by atoms with E-state index in [0.717, 1.165) is 35.2 Å². The van der Waals surface area contributed by atoms with Crippen molar-refractivity contribution in [3.63, 3.8) is 0 Å². The molecule has 2 aromatic rings. The minimum absolute atomic E-state index is 0.0117. The molecular formula is C18H21FN4O5S3. The highest BCUT2D eigenvalue weighted by molar-refractivity contribution is 8.01. The first-order valence-electron chi connectivity index (χ1n) is 9.48. The lowest BCUT2D eigenvalue weighted by atomic mass is 9.99. The largest absolute Gasteiger partial charge is 0.465 e. The zero-order valence-electron chi connectivity index (χ0n) is 16.6. The third-order valence-corrected chi connectivity index (χ3v) is 8.29. The normalized spacial score (nSPS) is 17.3. The Hall–Kier alpha value is -2.09. The summed E-state index contributed by atoms with van der Waals surface area (Å²) in [4.78, 5) is 24.1. The summed E-state index contributed by atoms with van der Waals surface area (Å²) in [7, 11) is -3.82. The van der Waals surface area contributed by atoms with Gasteiger partial charge in [-0.05, 0) is 44.0 Å². The number of halogens is 1. The van der Waals surface area contributed by atoms with E-state index in [4.69, 9.17) is 4.74 Å². The van der Waals surface area contributed by atoms with Crippen LogP contribution >= 0.6 is 23.1 Å². The molecule has 1 unspecified atom stereocenters. The van der Waals surface area contributed by atoms with Gasteiger partial charge in [-0.1, -0.05) is 23.1 Å². The zero-order valence-corrected chi connectivity index (χ0v) is 19.1. The number of carbonyl (C=O) groups is 2. The Labute approximate surface area is 187 Å². The molecule has 13 heteroatoms. The zero-order chi connectivity index (χ0) is 22.4. The second-order valence-electron chi connectivity index (χ2n) is 6.61. The van der Waals surface area contributed by atoms with E-state index in [1.165, 1.54) is 16.4 Å². The van der Waals surface area contributed by atoms with Crippen LogP contribution in [0.3, 0.4) is 0 Å².